The summed E-state index contributed by atoms with van der Waals surface area (Å²) in [6.07, 6.45) is 10.8. The molecule has 0 bridgehead atoms. The van der Waals surface area contributed by atoms with Gasteiger partial charge in [0.1, 0.15) is 0 Å². The molecule has 0 amide bonds. The Labute approximate surface area is 116 Å². The Morgan fingerprint density at radius 1 is 1.26 bits per heavy atom. The second-order valence-corrected chi connectivity index (χ2v) is 6.72. The summed E-state index contributed by atoms with van der Waals surface area (Å²) in [4.78, 5) is 4.02. The van der Waals surface area contributed by atoms with Crippen molar-refractivity contribution >= 4 is 0 Å². The second kappa shape index (κ2) is 6.06. The van der Waals surface area contributed by atoms with Crippen molar-refractivity contribution in [3.8, 4) is 0 Å². The van der Waals surface area contributed by atoms with Gasteiger partial charge in [0.25, 0.3) is 0 Å². The summed E-state index contributed by atoms with van der Waals surface area (Å²) in [6, 6.07) is 0. The SMILES string of the molecule is CC1(C)CCC(O)(CNCCCn2ccnc2)CC1. The number of rotatable bonds is 6. The number of nitrogens with one attached hydrogen (secondary N) is 1. The van der Waals surface area contributed by atoms with Gasteiger partial charge in [0.05, 0.1) is 11.9 Å². The minimum Gasteiger partial charge on any atom is -0.389 e. The molecule has 1 aliphatic rings. The third kappa shape index (κ3) is 4.62. The number of aliphatic hydroxyl groups is 1. The molecule has 1 aromatic rings. The molecule has 0 radical (unpaired) electrons. The molecule has 2 N–H and O–H groups in total. The van der Waals surface area contributed by atoms with Crippen molar-refractivity contribution in [3.05, 3.63) is 18.7 Å². The molecule has 1 heterocycles. The van der Waals surface area contributed by atoms with E-state index in [1.165, 1.54) is 0 Å². The lowest BCUT2D eigenvalue weighted by atomic mass is 9.71. The highest BCUT2D eigenvalue weighted by molar-refractivity contribution is 4.90. The van der Waals surface area contributed by atoms with E-state index in [1.807, 2.05) is 12.5 Å². The van der Waals surface area contributed by atoms with E-state index in [4.69, 9.17) is 0 Å². The Bertz CT molecular complexity index is 363. The molecule has 0 spiro atoms. The molecule has 1 fully saturated rings. The Balaban J connectivity index is 1.60. The van der Waals surface area contributed by atoms with Gasteiger partial charge in [-0.15, -0.1) is 0 Å². The number of imidazole rings is 1. The van der Waals surface area contributed by atoms with Crippen molar-refractivity contribution in [2.75, 3.05) is 13.1 Å². The summed E-state index contributed by atoms with van der Waals surface area (Å²) in [6.45, 7) is 7.26. The van der Waals surface area contributed by atoms with Crippen molar-refractivity contribution in [2.45, 2.75) is 58.1 Å². The van der Waals surface area contributed by atoms with E-state index < -0.39 is 5.60 Å². The second-order valence-electron chi connectivity index (χ2n) is 6.72. The van der Waals surface area contributed by atoms with Crippen LogP contribution in [0.25, 0.3) is 0 Å². The smallest absolute Gasteiger partial charge is 0.0945 e. The Hall–Kier alpha value is -0.870. The van der Waals surface area contributed by atoms with E-state index in [9.17, 15) is 5.11 Å². The van der Waals surface area contributed by atoms with E-state index >= 15 is 0 Å². The zero-order valence-electron chi connectivity index (χ0n) is 12.2. The summed E-state index contributed by atoms with van der Waals surface area (Å²) in [7, 11) is 0. The van der Waals surface area contributed by atoms with Crippen molar-refractivity contribution in [1.29, 1.82) is 0 Å². The van der Waals surface area contributed by atoms with Crippen LogP contribution in [-0.4, -0.2) is 33.3 Å². The number of hydrogen-bond acceptors (Lipinski definition) is 3. The number of aryl methyl sites for hydroxylation is 1. The lowest BCUT2D eigenvalue weighted by molar-refractivity contribution is -0.0242. The molecule has 0 unspecified atom stereocenters. The third-order valence-corrected chi connectivity index (χ3v) is 4.32. The fourth-order valence-corrected chi connectivity index (χ4v) is 2.70. The Morgan fingerprint density at radius 3 is 2.63 bits per heavy atom. The van der Waals surface area contributed by atoms with Crippen LogP contribution in [0.2, 0.25) is 0 Å². The average Bonchev–Trinajstić information content (AvgIpc) is 2.87. The molecule has 4 nitrogen and oxygen atoms in total. The van der Waals surface area contributed by atoms with Gasteiger partial charge in [-0.1, -0.05) is 13.8 Å². The van der Waals surface area contributed by atoms with E-state index in [-0.39, 0.29) is 0 Å². The molecule has 1 aliphatic carbocycles. The van der Waals surface area contributed by atoms with Gasteiger partial charge >= 0.3 is 0 Å². The van der Waals surface area contributed by atoms with Gasteiger partial charge in [0.15, 0.2) is 0 Å². The zero-order valence-corrected chi connectivity index (χ0v) is 12.2. The van der Waals surface area contributed by atoms with Gasteiger partial charge in [0, 0.05) is 25.5 Å². The first-order valence-corrected chi connectivity index (χ1v) is 7.38. The standard InChI is InChI=1S/C15H27N3O/c1-14(2)4-6-15(19,7-5-14)12-16-8-3-10-18-11-9-17-13-18/h9,11,13,16,19H,3-8,10,12H2,1-2H3. The van der Waals surface area contributed by atoms with Crippen molar-refractivity contribution in [2.24, 2.45) is 5.41 Å². The van der Waals surface area contributed by atoms with Crippen LogP contribution in [0.5, 0.6) is 0 Å². The number of aromatic nitrogens is 2. The lowest BCUT2D eigenvalue weighted by Gasteiger charge is -2.40. The predicted octanol–water partition coefficient (Wildman–Crippen LogP) is 2.19. The number of nitrogens with zero attached hydrogens (tertiary/aromatic N) is 2. The monoisotopic (exact) mass is 265 g/mol. The summed E-state index contributed by atoms with van der Waals surface area (Å²) < 4.78 is 2.08. The van der Waals surface area contributed by atoms with E-state index in [0.29, 0.717) is 5.41 Å². The first-order valence-electron chi connectivity index (χ1n) is 7.38. The lowest BCUT2D eigenvalue weighted by Crippen LogP contribution is -2.45. The molecule has 2 rings (SSSR count). The maximum atomic E-state index is 10.5. The maximum absolute atomic E-state index is 10.5. The molecule has 0 aromatic carbocycles. The molecular weight excluding hydrogens is 238 g/mol. The zero-order chi connectivity index (χ0) is 13.8. The van der Waals surface area contributed by atoms with Crippen LogP contribution in [0.15, 0.2) is 18.7 Å². The van der Waals surface area contributed by atoms with Crippen LogP contribution in [0.4, 0.5) is 0 Å². The molecule has 4 heteroatoms. The highest BCUT2D eigenvalue weighted by Crippen LogP contribution is 2.39. The third-order valence-electron chi connectivity index (χ3n) is 4.32. The van der Waals surface area contributed by atoms with Crippen molar-refractivity contribution < 1.29 is 5.11 Å². The van der Waals surface area contributed by atoms with Gasteiger partial charge in [-0.2, -0.15) is 0 Å². The minimum atomic E-state index is -0.482. The van der Waals surface area contributed by atoms with Gasteiger partial charge in [0.2, 0.25) is 0 Å². The number of hydrogen-bond donors (Lipinski definition) is 2. The van der Waals surface area contributed by atoms with Gasteiger partial charge in [-0.3, -0.25) is 0 Å². The van der Waals surface area contributed by atoms with E-state index in [1.54, 1.807) is 6.20 Å². The van der Waals surface area contributed by atoms with Crippen LogP contribution in [-0.2, 0) is 6.54 Å². The highest BCUT2D eigenvalue weighted by atomic mass is 16.3. The quantitative estimate of drug-likeness (QED) is 0.775. The van der Waals surface area contributed by atoms with Crippen molar-refractivity contribution in [1.82, 2.24) is 14.9 Å². The first kappa shape index (κ1) is 14.5. The average molecular weight is 265 g/mol. The highest BCUT2D eigenvalue weighted by Gasteiger charge is 2.36. The topological polar surface area (TPSA) is 50.1 Å². The molecule has 1 saturated carbocycles. The van der Waals surface area contributed by atoms with Crippen molar-refractivity contribution in [3.63, 3.8) is 0 Å². The van der Waals surface area contributed by atoms with Gasteiger partial charge in [-0.05, 0) is 44.1 Å². The van der Waals surface area contributed by atoms with Crippen LogP contribution < -0.4 is 5.32 Å². The van der Waals surface area contributed by atoms with E-state index in [0.717, 1.165) is 51.7 Å². The van der Waals surface area contributed by atoms with E-state index in [2.05, 4.69) is 28.7 Å². The maximum Gasteiger partial charge on any atom is 0.0945 e. The molecular formula is C15H27N3O. The minimum absolute atomic E-state index is 0.410. The molecule has 19 heavy (non-hydrogen) atoms. The summed E-state index contributed by atoms with van der Waals surface area (Å²) in [5.74, 6) is 0. The predicted molar refractivity (Wildman–Crippen MR) is 76.9 cm³/mol. The summed E-state index contributed by atoms with van der Waals surface area (Å²) in [5, 5.41) is 13.9. The fraction of sp³-hybridized carbons (Fsp3) is 0.800. The largest absolute Gasteiger partial charge is 0.389 e. The van der Waals surface area contributed by atoms with Crippen LogP contribution in [0.3, 0.4) is 0 Å². The molecule has 0 saturated heterocycles. The Morgan fingerprint density at radius 2 is 2.00 bits per heavy atom. The first-order chi connectivity index (χ1) is 8.99. The fourth-order valence-electron chi connectivity index (χ4n) is 2.70. The molecule has 108 valence electrons. The normalized spacial score (nSPS) is 21.4. The summed E-state index contributed by atoms with van der Waals surface area (Å²) in [5.41, 5.74) is -0.0713. The molecule has 1 aromatic heterocycles. The van der Waals surface area contributed by atoms with Crippen LogP contribution in [0.1, 0.15) is 46.0 Å². The molecule has 0 aliphatic heterocycles. The van der Waals surface area contributed by atoms with Crippen LogP contribution >= 0.6 is 0 Å². The Kier molecular flexibility index (Phi) is 4.63. The molecule has 0 atom stereocenters. The van der Waals surface area contributed by atoms with Gasteiger partial charge < -0.3 is 15.0 Å². The summed E-state index contributed by atoms with van der Waals surface area (Å²) >= 11 is 0. The van der Waals surface area contributed by atoms with Crippen LogP contribution in [0, 0.1) is 5.41 Å². The van der Waals surface area contributed by atoms with Gasteiger partial charge in [-0.25, -0.2) is 4.98 Å².